The highest BCUT2D eigenvalue weighted by molar-refractivity contribution is 7.10. The number of fused-ring (bicyclic) bond motifs is 1. The number of ether oxygens (including phenoxy) is 2. The van der Waals surface area contributed by atoms with Gasteiger partial charge in [0.2, 0.25) is 0 Å². The molecule has 2 aliphatic heterocycles. The first kappa shape index (κ1) is 14.2. The van der Waals surface area contributed by atoms with Gasteiger partial charge in [-0.3, -0.25) is 4.90 Å². The number of likely N-dealkylation sites (tertiary alicyclic amines) is 1. The lowest BCUT2D eigenvalue weighted by molar-refractivity contribution is -0.102. The van der Waals surface area contributed by atoms with Crippen molar-refractivity contribution in [2.45, 2.75) is 57.4 Å². The fourth-order valence-electron chi connectivity index (χ4n) is 3.64. The van der Waals surface area contributed by atoms with Crippen LogP contribution in [0.25, 0.3) is 0 Å². The summed E-state index contributed by atoms with van der Waals surface area (Å²) in [4.78, 5) is 4.14. The standard InChI is InChI=1S/C17H25NO2S/c1-12-6-9-21-16(12)10-18-7-4-15(20-11-13-2-3-13)17-14(18)5-8-19-17/h6,9,13-15,17H,2-5,7-8,10-11H2,1H3/t14-,15+,17-/m0/s1. The predicted molar refractivity (Wildman–Crippen MR) is 84.7 cm³/mol. The van der Waals surface area contributed by atoms with E-state index in [9.17, 15) is 0 Å². The molecule has 4 rings (SSSR count). The van der Waals surface area contributed by atoms with Crippen molar-refractivity contribution in [3.05, 3.63) is 21.9 Å². The van der Waals surface area contributed by atoms with Crippen LogP contribution in [0.1, 0.15) is 36.1 Å². The molecule has 0 unspecified atom stereocenters. The average Bonchev–Trinajstić information content (AvgIpc) is 3.02. The van der Waals surface area contributed by atoms with E-state index in [1.54, 1.807) is 0 Å². The zero-order chi connectivity index (χ0) is 14.2. The van der Waals surface area contributed by atoms with Gasteiger partial charge in [-0.1, -0.05) is 0 Å². The van der Waals surface area contributed by atoms with Crippen molar-refractivity contribution in [1.29, 1.82) is 0 Å². The number of aryl methyl sites for hydroxylation is 1. The van der Waals surface area contributed by atoms with E-state index in [0.29, 0.717) is 18.2 Å². The van der Waals surface area contributed by atoms with Gasteiger partial charge >= 0.3 is 0 Å². The van der Waals surface area contributed by atoms with Crippen LogP contribution in [0.2, 0.25) is 0 Å². The smallest absolute Gasteiger partial charge is 0.0992 e. The van der Waals surface area contributed by atoms with Gasteiger partial charge in [0, 0.05) is 37.2 Å². The van der Waals surface area contributed by atoms with E-state index >= 15 is 0 Å². The minimum absolute atomic E-state index is 0.303. The van der Waals surface area contributed by atoms with Gasteiger partial charge in [-0.15, -0.1) is 11.3 Å². The third-order valence-electron chi connectivity index (χ3n) is 5.20. The molecule has 3 fully saturated rings. The molecule has 0 spiro atoms. The van der Waals surface area contributed by atoms with Crippen molar-refractivity contribution in [2.75, 3.05) is 19.8 Å². The third kappa shape index (κ3) is 3.04. The van der Waals surface area contributed by atoms with Gasteiger partial charge in [-0.25, -0.2) is 0 Å². The van der Waals surface area contributed by atoms with Crippen molar-refractivity contribution < 1.29 is 9.47 Å². The summed E-state index contributed by atoms with van der Waals surface area (Å²) in [6.07, 6.45) is 5.66. The highest BCUT2D eigenvalue weighted by atomic mass is 32.1. The summed E-state index contributed by atoms with van der Waals surface area (Å²) >= 11 is 1.89. The molecule has 1 aliphatic carbocycles. The molecule has 1 saturated carbocycles. The summed E-state index contributed by atoms with van der Waals surface area (Å²) in [5.41, 5.74) is 1.43. The first-order valence-corrected chi connectivity index (χ1v) is 9.19. The monoisotopic (exact) mass is 307 g/mol. The molecule has 0 radical (unpaired) electrons. The first-order valence-electron chi connectivity index (χ1n) is 8.31. The second-order valence-electron chi connectivity index (χ2n) is 6.79. The van der Waals surface area contributed by atoms with Gasteiger partial charge < -0.3 is 9.47 Å². The molecule has 116 valence electrons. The molecule has 1 aromatic rings. The van der Waals surface area contributed by atoms with Crippen molar-refractivity contribution in [3.8, 4) is 0 Å². The fraction of sp³-hybridized carbons (Fsp3) is 0.765. The maximum Gasteiger partial charge on any atom is 0.0992 e. The van der Waals surface area contributed by atoms with Gasteiger partial charge in [0.25, 0.3) is 0 Å². The largest absolute Gasteiger partial charge is 0.375 e. The first-order chi connectivity index (χ1) is 10.3. The zero-order valence-electron chi connectivity index (χ0n) is 12.8. The Morgan fingerprint density at radius 2 is 2.24 bits per heavy atom. The molecule has 21 heavy (non-hydrogen) atoms. The predicted octanol–water partition coefficient (Wildman–Crippen LogP) is 3.21. The van der Waals surface area contributed by atoms with E-state index < -0.39 is 0 Å². The highest BCUT2D eigenvalue weighted by Gasteiger charge is 2.43. The van der Waals surface area contributed by atoms with Crippen LogP contribution in [-0.4, -0.2) is 42.9 Å². The van der Waals surface area contributed by atoms with Crippen LogP contribution in [0.5, 0.6) is 0 Å². The van der Waals surface area contributed by atoms with E-state index in [0.717, 1.165) is 38.6 Å². The van der Waals surface area contributed by atoms with Crippen LogP contribution in [0.4, 0.5) is 0 Å². The minimum Gasteiger partial charge on any atom is -0.375 e. The zero-order valence-corrected chi connectivity index (χ0v) is 13.6. The highest BCUT2D eigenvalue weighted by Crippen LogP contribution is 2.35. The molecule has 3 aliphatic rings. The summed E-state index contributed by atoms with van der Waals surface area (Å²) in [5.74, 6) is 0.844. The molecule has 2 saturated heterocycles. The summed E-state index contributed by atoms with van der Waals surface area (Å²) in [6, 6.07) is 2.79. The normalized spacial score (nSPS) is 33.3. The second kappa shape index (κ2) is 5.99. The van der Waals surface area contributed by atoms with E-state index in [2.05, 4.69) is 23.3 Å². The molecule has 3 atom stereocenters. The molecular weight excluding hydrogens is 282 g/mol. The average molecular weight is 307 g/mol. The van der Waals surface area contributed by atoms with Crippen molar-refractivity contribution in [1.82, 2.24) is 4.90 Å². The number of rotatable bonds is 5. The number of hydrogen-bond acceptors (Lipinski definition) is 4. The van der Waals surface area contributed by atoms with E-state index in [1.807, 2.05) is 11.3 Å². The van der Waals surface area contributed by atoms with Crippen molar-refractivity contribution in [3.63, 3.8) is 0 Å². The Hall–Kier alpha value is -0.420. The molecular formula is C17H25NO2S. The van der Waals surface area contributed by atoms with Gasteiger partial charge in [0.05, 0.1) is 12.2 Å². The number of hydrogen-bond donors (Lipinski definition) is 0. The molecule has 4 heteroatoms. The van der Waals surface area contributed by atoms with Gasteiger partial charge in [-0.05, 0) is 55.5 Å². The van der Waals surface area contributed by atoms with Crippen LogP contribution >= 0.6 is 11.3 Å². The van der Waals surface area contributed by atoms with E-state index in [4.69, 9.17) is 9.47 Å². The molecule has 0 N–H and O–H groups in total. The van der Waals surface area contributed by atoms with Crippen molar-refractivity contribution >= 4 is 11.3 Å². The number of thiophene rings is 1. The van der Waals surface area contributed by atoms with Gasteiger partial charge in [-0.2, -0.15) is 0 Å². The maximum atomic E-state index is 6.18. The quantitative estimate of drug-likeness (QED) is 0.834. The lowest BCUT2D eigenvalue weighted by atomic mass is 9.95. The second-order valence-corrected chi connectivity index (χ2v) is 7.79. The fourth-order valence-corrected chi connectivity index (χ4v) is 4.57. The van der Waals surface area contributed by atoms with Crippen LogP contribution < -0.4 is 0 Å². The van der Waals surface area contributed by atoms with Crippen LogP contribution in [0.15, 0.2) is 11.4 Å². The summed E-state index contributed by atoms with van der Waals surface area (Å²) in [7, 11) is 0. The Balaban J connectivity index is 1.40. The van der Waals surface area contributed by atoms with E-state index in [-0.39, 0.29) is 0 Å². The Bertz CT molecular complexity index is 485. The lowest BCUT2D eigenvalue weighted by Gasteiger charge is -2.41. The SMILES string of the molecule is Cc1ccsc1CN1CC[C@@H](OCC2CC2)[C@H]2OCC[C@@H]21. The van der Waals surface area contributed by atoms with Gasteiger partial charge in [0.1, 0.15) is 0 Å². The Morgan fingerprint density at radius 3 is 3.00 bits per heavy atom. The molecule has 3 heterocycles. The minimum atomic E-state index is 0.303. The molecule has 3 nitrogen and oxygen atoms in total. The number of nitrogens with zero attached hydrogens (tertiary/aromatic N) is 1. The third-order valence-corrected chi connectivity index (χ3v) is 6.20. The van der Waals surface area contributed by atoms with Crippen LogP contribution in [-0.2, 0) is 16.0 Å². The molecule has 0 bridgehead atoms. The summed E-state index contributed by atoms with van der Waals surface area (Å²) in [5, 5.41) is 2.21. The number of piperidine rings is 1. The lowest BCUT2D eigenvalue weighted by Crippen LogP contribution is -2.52. The maximum absolute atomic E-state index is 6.18. The molecule has 0 amide bonds. The Morgan fingerprint density at radius 1 is 1.33 bits per heavy atom. The molecule has 1 aromatic heterocycles. The Labute approximate surface area is 131 Å². The summed E-state index contributed by atoms with van der Waals surface area (Å²) < 4.78 is 12.2. The summed E-state index contributed by atoms with van der Waals surface area (Å²) in [6.45, 7) is 6.32. The van der Waals surface area contributed by atoms with E-state index in [1.165, 1.54) is 29.7 Å². The van der Waals surface area contributed by atoms with Crippen molar-refractivity contribution in [2.24, 2.45) is 5.92 Å². The Kier molecular flexibility index (Phi) is 4.05. The van der Waals surface area contributed by atoms with Crippen LogP contribution in [0, 0.1) is 12.8 Å². The molecule has 0 aromatic carbocycles. The van der Waals surface area contributed by atoms with Gasteiger partial charge in [0.15, 0.2) is 0 Å². The van der Waals surface area contributed by atoms with Crippen LogP contribution in [0.3, 0.4) is 0 Å². The topological polar surface area (TPSA) is 21.7 Å².